The van der Waals surface area contributed by atoms with Gasteiger partial charge in [-0.2, -0.15) is 0 Å². The Morgan fingerprint density at radius 3 is 2.15 bits per heavy atom. The second-order valence-corrected chi connectivity index (χ2v) is 9.56. The zero-order valence-electron chi connectivity index (χ0n) is 23.1. The lowest BCUT2D eigenvalue weighted by Gasteiger charge is -2.12. The summed E-state index contributed by atoms with van der Waals surface area (Å²) in [5.74, 6) is 0.829. The molecule has 3 aromatic carbocycles. The fourth-order valence-electron chi connectivity index (χ4n) is 4.50. The molecule has 0 saturated carbocycles. The number of aryl methyl sites for hydroxylation is 4. The van der Waals surface area contributed by atoms with Crippen LogP contribution in [0.5, 0.6) is 5.75 Å². The van der Waals surface area contributed by atoms with E-state index in [0.717, 1.165) is 65.1 Å². The van der Waals surface area contributed by atoms with Crippen LogP contribution in [-0.2, 0) is 12.8 Å². The molecule has 0 bridgehead atoms. The number of H-pyrrole nitrogens is 1. The van der Waals surface area contributed by atoms with Crippen molar-refractivity contribution >= 4 is 11.0 Å². The lowest BCUT2D eigenvalue weighted by Crippen LogP contribution is -2.01. The smallest absolute Gasteiger partial charge is 0.126 e. The van der Waals surface area contributed by atoms with Crippen molar-refractivity contribution in [2.45, 2.75) is 53.9 Å². The average Bonchev–Trinajstić information content (AvgIpc) is 3.28. The highest BCUT2D eigenvalue weighted by Crippen LogP contribution is 2.29. The second kappa shape index (κ2) is 12.6. The molecule has 2 aromatic heterocycles. The van der Waals surface area contributed by atoms with Crippen LogP contribution in [0.1, 0.15) is 54.2 Å². The fourth-order valence-corrected chi connectivity index (χ4v) is 4.50. The van der Waals surface area contributed by atoms with E-state index in [1.54, 1.807) is 0 Å². The van der Waals surface area contributed by atoms with E-state index in [1.165, 1.54) is 35.2 Å². The van der Waals surface area contributed by atoms with Crippen LogP contribution in [0.15, 0.2) is 60.9 Å². The monoisotopic (exact) mass is 528 g/mol. The molecule has 0 aliphatic rings. The van der Waals surface area contributed by atoms with Crippen molar-refractivity contribution in [1.29, 1.82) is 0 Å². The molecule has 7 heteroatoms. The predicted octanol–water partition coefficient (Wildman–Crippen LogP) is 7.85. The molecule has 5 rings (SSSR count). The fraction of sp³-hybridized carbons (Fsp3) is 0.281. The third kappa shape index (κ3) is 7.05. The Morgan fingerprint density at radius 2 is 1.49 bits per heavy atom. The molecule has 2 heterocycles. The van der Waals surface area contributed by atoms with Crippen molar-refractivity contribution in [3.05, 3.63) is 106 Å². The second-order valence-electron chi connectivity index (χ2n) is 9.56. The topological polar surface area (TPSA) is 63.7 Å². The van der Waals surface area contributed by atoms with Gasteiger partial charge in [0.25, 0.3) is 0 Å². The highest BCUT2D eigenvalue weighted by molar-refractivity contribution is 5.82. The predicted molar refractivity (Wildman–Crippen MR) is 152 cm³/mol. The van der Waals surface area contributed by atoms with Crippen molar-refractivity contribution in [2.75, 3.05) is 6.61 Å². The largest absolute Gasteiger partial charge is 0.493 e. The van der Waals surface area contributed by atoms with Gasteiger partial charge in [-0.3, -0.25) is 0 Å². The first kappa shape index (κ1) is 27.9. The van der Waals surface area contributed by atoms with Crippen molar-refractivity contribution in [3.8, 4) is 16.9 Å². The number of halogens is 2. The number of benzene rings is 3. The van der Waals surface area contributed by atoms with Crippen LogP contribution in [0.4, 0.5) is 8.78 Å². The van der Waals surface area contributed by atoms with Crippen molar-refractivity contribution < 1.29 is 13.5 Å². The SMILES string of the molecule is CCCOc1ccc(-c2ccc3nc(C)[nH]c3c2)cc1CC.Cc1ncnc(C)c1Cc1cc(F)cc(F)c1. The molecule has 1 N–H and O–H groups in total. The first-order valence-electron chi connectivity index (χ1n) is 13.2. The van der Waals surface area contributed by atoms with E-state index >= 15 is 0 Å². The first-order chi connectivity index (χ1) is 18.8. The van der Waals surface area contributed by atoms with Crippen molar-refractivity contribution in [3.63, 3.8) is 0 Å². The summed E-state index contributed by atoms with van der Waals surface area (Å²) in [5.41, 5.74) is 8.94. The molecule has 202 valence electrons. The van der Waals surface area contributed by atoms with Gasteiger partial charge in [0.05, 0.1) is 17.6 Å². The molecule has 0 saturated heterocycles. The molecule has 5 aromatic rings. The number of ether oxygens (including phenoxy) is 1. The lowest BCUT2D eigenvalue weighted by atomic mass is 10.0. The minimum atomic E-state index is -0.563. The van der Waals surface area contributed by atoms with E-state index in [4.69, 9.17) is 4.74 Å². The molecule has 0 fully saturated rings. The van der Waals surface area contributed by atoms with E-state index in [9.17, 15) is 8.78 Å². The molecular formula is C32H34F2N4O. The summed E-state index contributed by atoms with van der Waals surface area (Å²) in [7, 11) is 0. The van der Waals surface area contributed by atoms with Crippen LogP contribution < -0.4 is 4.74 Å². The molecule has 0 aliphatic heterocycles. The van der Waals surface area contributed by atoms with Gasteiger partial charge in [0, 0.05) is 23.9 Å². The van der Waals surface area contributed by atoms with Crippen LogP contribution in [0.3, 0.4) is 0 Å². The Balaban J connectivity index is 0.000000187. The molecule has 5 nitrogen and oxygen atoms in total. The molecule has 0 unspecified atom stereocenters. The maximum Gasteiger partial charge on any atom is 0.126 e. The van der Waals surface area contributed by atoms with Gasteiger partial charge in [0.1, 0.15) is 29.5 Å². The summed E-state index contributed by atoms with van der Waals surface area (Å²) in [6.45, 7) is 10.8. The summed E-state index contributed by atoms with van der Waals surface area (Å²) in [4.78, 5) is 15.9. The third-order valence-electron chi connectivity index (χ3n) is 6.52. The summed E-state index contributed by atoms with van der Waals surface area (Å²) >= 11 is 0. The summed E-state index contributed by atoms with van der Waals surface area (Å²) in [5, 5.41) is 0. The van der Waals surface area contributed by atoms with E-state index in [1.807, 2.05) is 20.8 Å². The normalized spacial score (nSPS) is 10.8. The molecular weight excluding hydrogens is 494 g/mol. The number of rotatable bonds is 7. The van der Waals surface area contributed by atoms with Crippen LogP contribution in [0.25, 0.3) is 22.2 Å². The van der Waals surface area contributed by atoms with E-state index in [0.29, 0.717) is 12.0 Å². The van der Waals surface area contributed by atoms with Crippen LogP contribution in [0, 0.1) is 32.4 Å². The van der Waals surface area contributed by atoms with Gasteiger partial charge in [-0.05, 0) is 97.8 Å². The lowest BCUT2D eigenvalue weighted by molar-refractivity contribution is 0.314. The summed E-state index contributed by atoms with van der Waals surface area (Å²) in [6, 6.07) is 16.3. The molecule has 0 aliphatic carbocycles. The maximum atomic E-state index is 13.1. The van der Waals surface area contributed by atoms with Crippen LogP contribution in [0.2, 0.25) is 0 Å². The molecule has 0 radical (unpaired) electrons. The minimum Gasteiger partial charge on any atom is -0.493 e. The Morgan fingerprint density at radius 1 is 0.821 bits per heavy atom. The first-order valence-corrected chi connectivity index (χ1v) is 13.2. The Bertz CT molecular complexity index is 1540. The molecule has 39 heavy (non-hydrogen) atoms. The van der Waals surface area contributed by atoms with Gasteiger partial charge in [-0.15, -0.1) is 0 Å². The van der Waals surface area contributed by atoms with Crippen molar-refractivity contribution in [1.82, 2.24) is 19.9 Å². The van der Waals surface area contributed by atoms with E-state index in [2.05, 4.69) is 70.2 Å². The highest BCUT2D eigenvalue weighted by Gasteiger charge is 2.09. The van der Waals surface area contributed by atoms with Crippen molar-refractivity contribution in [2.24, 2.45) is 0 Å². The number of fused-ring (bicyclic) bond motifs is 1. The number of nitrogens with zero attached hydrogens (tertiary/aromatic N) is 3. The van der Waals surface area contributed by atoms with Gasteiger partial charge in [-0.25, -0.2) is 23.7 Å². The number of hydrogen-bond acceptors (Lipinski definition) is 4. The number of hydrogen-bond donors (Lipinski definition) is 1. The highest BCUT2D eigenvalue weighted by atomic mass is 19.1. The van der Waals surface area contributed by atoms with E-state index < -0.39 is 11.6 Å². The summed E-state index contributed by atoms with van der Waals surface area (Å²) < 4.78 is 31.9. The number of aromatic amines is 1. The standard InChI is InChI=1S/C19H22N2O.C13H12F2N2/c1-4-10-22-19-9-7-15(11-14(19)5-2)16-6-8-17-18(12-16)21-13(3)20-17;1-8-13(9(2)17-7-16-8)5-10-3-11(14)6-12(15)4-10/h6-9,11-12H,4-5,10H2,1-3H3,(H,20,21);3-4,6-7H,5H2,1-2H3. The number of nitrogens with one attached hydrogen (secondary N) is 1. The van der Waals surface area contributed by atoms with Gasteiger partial charge < -0.3 is 9.72 Å². The number of imidazole rings is 1. The minimum absolute atomic E-state index is 0.438. The molecule has 0 atom stereocenters. The molecule has 0 spiro atoms. The zero-order chi connectivity index (χ0) is 27.9. The van der Waals surface area contributed by atoms with Crippen LogP contribution in [-0.4, -0.2) is 26.5 Å². The Hall–Kier alpha value is -4.13. The van der Waals surface area contributed by atoms with Gasteiger partial charge in [-0.1, -0.05) is 26.0 Å². The number of aromatic nitrogens is 4. The zero-order valence-corrected chi connectivity index (χ0v) is 23.1. The van der Waals surface area contributed by atoms with Gasteiger partial charge >= 0.3 is 0 Å². The average molecular weight is 529 g/mol. The Labute approximate surface area is 228 Å². The summed E-state index contributed by atoms with van der Waals surface area (Å²) in [6.07, 6.45) is 3.92. The quantitative estimate of drug-likeness (QED) is 0.234. The third-order valence-corrected chi connectivity index (χ3v) is 6.52. The van der Waals surface area contributed by atoms with E-state index in [-0.39, 0.29) is 0 Å². The Kier molecular flexibility index (Phi) is 9.02. The molecule has 0 amide bonds. The van der Waals surface area contributed by atoms with Gasteiger partial charge in [0.15, 0.2) is 0 Å². The van der Waals surface area contributed by atoms with Crippen LogP contribution >= 0.6 is 0 Å². The maximum absolute atomic E-state index is 13.1. The van der Waals surface area contributed by atoms with Gasteiger partial charge in [0.2, 0.25) is 0 Å².